The highest BCUT2D eigenvalue weighted by Crippen LogP contribution is 2.32. The molecule has 2 heterocycles. The van der Waals surface area contributed by atoms with Gasteiger partial charge in [0.05, 0.1) is 35.1 Å². The number of benzene rings is 2. The van der Waals surface area contributed by atoms with Crippen molar-refractivity contribution in [2.75, 3.05) is 12.4 Å². The molecule has 31 heavy (non-hydrogen) atoms. The van der Waals surface area contributed by atoms with Crippen LogP contribution in [0.2, 0.25) is 5.02 Å². The quantitative estimate of drug-likeness (QED) is 0.424. The molecule has 4 aromatic rings. The van der Waals surface area contributed by atoms with Gasteiger partial charge in [-0.15, -0.1) is 5.10 Å². The molecule has 1 aliphatic rings. The van der Waals surface area contributed by atoms with Gasteiger partial charge in [-0.1, -0.05) is 17.7 Å². The molecule has 0 bridgehead atoms. The summed E-state index contributed by atoms with van der Waals surface area (Å²) in [5.74, 6) is 1.37. The van der Waals surface area contributed by atoms with Gasteiger partial charge in [-0.3, -0.25) is 9.89 Å². The van der Waals surface area contributed by atoms with Gasteiger partial charge in [0.1, 0.15) is 5.75 Å². The summed E-state index contributed by atoms with van der Waals surface area (Å²) in [7, 11) is 3.33. The van der Waals surface area contributed by atoms with E-state index < -0.39 is 0 Å². The van der Waals surface area contributed by atoms with Crippen LogP contribution in [0.3, 0.4) is 0 Å². The fourth-order valence-electron chi connectivity index (χ4n) is 3.32. The Hall–Kier alpha value is -3.59. The van der Waals surface area contributed by atoms with Crippen LogP contribution in [0.1, 0.15) is 23.2 Å². The van der Waals surface area contributed by atoms with Gasteiger partial charge < -0.3 is 15.4 Å². The minimum atomic E-state index is -0.133. The first-order valence-electron chi connectivity index (χ1n) is 9.82. The van der Waals surface area contributed by atoms with Gasteiger partial charge in [-0.2, -0.15) is 10.1 Å². The average molecular weight is 438 g/mol. The van der Waals surface area contributed by atoms with Gasteiger partial charge >= 0.3 is 0 Å². The van der Waals surface area contributed by atoms with Crippen LogP contribution in [0, 0.1) is 0 Å². The van der Waals surface area contributed by atoms with Gasteiger partial charge in [-0.25, -0.2) is 4.68 Å². The van der Waals surface area contributed by atoms with Crippen LogP contribution in [-0.2, 0) is 7.05 Å². The maximum Gasteiger partial charge on any atom is 0.255 e. The summed E-state index contributed by atoms with van der Waals surface area (Å²) in [6.45, 7) is 0. The van der Waals surface area contributed by atoms with Crippen LogP contribution < -0.4 is 15.4 Å². The normalized spacial score (nSPS) is 13.4. The van der Waals surface area contributed by atoms with E-state index in [4.69, 9.17) is 16.3 Å². The van der Waals surface area contributed by atoms with E-state index in [1.54, 1.807) is 37.2 Å². The number of halogens is 1. The fraction of sp³-hybridized carbons (Fsp3) is 0.238. The van der Waals surface area contributed by atoms with Crippen LogP contribution in [-0.4, -0.2) is 44.0 Å². The number of nitrogens with one attached hydrogen (secondary N) is 3. The van der Waals surface area contributed by atoms with Crippen LogP contribution >= 0.6 is 11.6 Å². The molecule has 1 aliphatic carbocycles. The fourth-order valence-corrected chi connectivity index (χ4v) is 3.59. The van der Waals surface area contributed by atoms with E-state index >= 15 is 0 Å². The second-order valence-corrected chi connectivity index (χ2v) is 7.81. The molecule has 2 aromatic heterocycles. The molecule has 0 radical (unpaired) electrons. The Morgan fingerprint density at radius 1 is 1.29 bits per heavy atom. The van der Waals surface area contributed by atoms with Crippen molar-refractivity contribution in [2.45, 2.75) is 18.9 Å². The van der Waals surface area contributed by atoms with Gasteiger partial charge in [0.15, 0.2) is 5.82 Å². The van der Waals surface area contributed by atoms with E-state index in [2.05, 4.69) is 30.9 Å². The number of carbonyl (C=O) groups is 1. The lowest BCUT2D eigenvalue weighted by Gasteiger charge is -2.09. The summed E-state index contributed by atoms with van der Waals surface area (Å²) in [5, 5.41) is 19.0. The van der Waals surface area contributed by atoms with Crippen LogP contribution in [0.25, 0.3) is 22.3 Å². The van der Waals surface area contributed by atoms with Crippen molar-refractivity contribution in [3.8, 4) is 17.1 Å². The van der Waals surface area contributed by atoms with E-state index in [0.717, 1.165) is 29.3 Å². The van der Waals surface area contributed by atoms with Crippen molar-refractivity contribution < 1.29 is 9.53 Å². The van der Waals surface area contributed by atoms with E-state index in [1.165, 1.54) is 0 Å². The maximum absolute atomic E-state index is 12.4. The summed E-state index contributed by atoms with van der Waals surface area (Å²) in [6, 6.07) is 9.34. The predicted molar refractivity (Wildman–Crippen MR) is 118 cm³/mol. The number of anilines is 2. The number of amides is 1. The molecule has 158 valence electrons. The largest absolute Gasteiger partial charge is 0.496 e. The van der Waals surface area contributed by atoms with E-state index in [-0.39, 0.29) is 11.9 Å². The topological polar surface area (TPSA) is 110 Å². The number of rotatable bonds is 6. The number of hydrogen-bond donors (Lipinski definition) is 3. The van der Waals surface area contributed by atoms with E-state index in [1.807, 2.05) is 18.2 Å². The Morgan fingerprint density at radius 2 is 2.13 bits per heavy atom. The summed E-state index contributed by atoms with van der Waals surface area (Å²) in [5.41, 5.74) is 2.78. The number of H-pyrrole nitrogens is 1. The number of aromatic nitrogens is 5. The minimum absolute atomic E-state index is 0.133. The van der Waals surface area contributed by atoms with Crippen molar-refractivity contribution in [2.24, 2.45) is 7.05 Å². The first-order valence-corrected chi connectivity index (χ1v) is 10.2. The second-order valence-electron chi connectivity index (χ2n) is 7.43. The van der Waals surface area contributed by atoms with Gasteiger partial charge in [0.2, 0.25) is 5.95 Å². The van der Waals surface area contributed by atoms with E-state index in [0.29, 0.717) is 33.8 Å². The molecule has 10 heteroatoms. The first kappa shape index (κ1) is 19.4. The predicted octanol–water partition coefficient (Wildman–Crippen LogP) is 3.66. The molecule has 5 rings (SSSR count). The highest BCUT2D eigenvalue weighted by molar-refractivity contribution is 6.38. The maximum atomic E-state index is 12.4. The van der Waals surface area contributed by atoms with Crippen molar-refractivity contribution in [1.82, 2.24) is 30.3 Å². The average Bonchev–Trinajstić information content (AvgIpc) is 3.31. The lowest BCUT2D eigenvalue weighted by molar-refractivity contribution is 0.0948. The molecule has 0 atom stereocenters. The molecule has 9 nitrogen and oxygen atoms in total. The van der Waals surface area contributed by atoms with E-state index in [9.17, 15) is 4.79 Å². The minimum Gasteiger partial charge on any atom is -0.496 e. The number of ether oxygens (including phenoxy) is 1. The number of nitrogens with zero attached hydrogens (tertiary/aromatic N) is 4. The highest BCUT2D eigenvalue weighted by atomic mass is 35.5. The molecule has 0 saturated heterocycles. The summed E-state index contributed by atoms with van der Waals surface area (Å²) in [6.07, 6.45) is 3.73. The Bertz CT molecular complexity index is 1290. The zero-order valence-electron chi connectivity index (χ0n) is 16.9. The molecular formula is C21H20ClN7O2. The molecule has 1 amide bonds. The molecule has 0 aliphatic heterocycles. The number of fused-ring (bicyclic) bond motifs is 1. The van der Waals surface area contributed by atoms with Gasteiger partial charge in [0, 0.05) is 24.0 Å². The third-order valence-corrected chi connectivity index (χ3v) is 5.59. The van der Waals surface area contributed by atoms with Gasteiger partial charge in [0.25, 0.3) is 5.91 Å². The van der Waals surface area contributed by atoms with Gasteiger partial charge in [-0.05, 0) is 37.1 Å². The third kappa shape index (κ3) is 3.68. The Kier molecular flexibility index (Phi) is 4.74. The van der Waals surface area contributed by atoms with Crippen molar-refractivity contribution in [3.05, 3.63) is 47.1 Å². The lowest BCUT2D eigenvalue weighted by Crippen LogP contribution is -2.25. The summed E-state index contributed by atoms with van der Waals surface area (Å²) >= 11 is 6.50. The van der Waals surface area contributed by atoms with Crippen LogP contribution in [0.15, 0.2) is 36.5 Å². The summed E-state index contributed by atoms with van der Waals surface area (Å²) in [4.78, 5) is 17.0. The molecule has 3 N–H and O–H groups in total. The monoisotopic (exact) mass is 437 g/mol. The highest BCUT2D eigenvalue weighted by Gasteiger charge is 2.25. The lowest BCUT2D eigenvalue weighted by atomic mass is 10.1. The zero-order chi connectivity index (χ0) is 21.5. The Balaban J connectivity index is 1.43. The second kappa shape index (κ2) is 7.59. The van der Waals surface area contributed by atoms with Crippen molar-refractivity contribution >= 4 is 40.0 Å². The molecule has 1 fully saturated rings. The standard InChI is InChI=1S/C21H20ClN7O2/c1-29-21(25-16-8-7-15-14(18(16)22)10-23-27-15)26-19(28-29)11-3-6-13(17(9-11)31-2)20(30)24-12-4-5-12/h3,6-10,12H,4-5H2,1-2H3,(H,23,27)(H,24,30)(H,25,26,28). The number of methoxy groups -OCH3 is 1. The molecule has 0 unspecified atom stereocenters. The van der Waals surface area contributed by atoms with Crippen molar-refractivity contribution in [3.63, 3.8) is 0 Å². The third-order valence-electron chi connectivity index (χ3n) is 5.18. The van der Waals surface area contributed by atoms with Crippen LogP contribution in [0.4, 0.5) is 11.6 Å². The van der Waals surface area contributed by atoms with Crippen molar-refractivity contribution in [1.29, 1.82) is 0 Å². The molecular weight excluding hydrogens is 418 g/mol. The molecule has 2 aromatic carbocycles. The molecule has 1 saturated carbocycles. The number of aryl methyl sites for hydroxylation is 1. The Labute approximate surface area is 182 Å². The SMILES string of the molecule is COc1cc(-c2nc(Nc3ccc4[nH]ncc4c3Cl)n(C)n2)ccc1C(=O)NC1CC1. The smallest absolute Gasteiger partial charge is 0.255 e. The van der Waals surface area contributed by atoms with Crippen LogP contribution in [0.5, 0.6) is 5.75 Å². The number of carbonyl (C=O) groups excluding carboxylic acids is 1. The molecule has 0 spiro atoms. The summed E-state index contributed by atoms with van der Waals surface area (Å²) < 4.78 is 7.08. The first-order chi connectivity index (χ1) is 15.0. The number of hydrogen-bond acceptors (Lipinski definition) is 6. The zero-order valence-corrected chi connectivity index (χ0v) is 17.7. The number of aromatic amines is 1. The Morgan fingerprint density at radius 3 is 2.90 bits per heavy atom.